The van der Waals surface area contributed by atoms with Crippen LogP contribution in [0.3, 0.4) is 0 Å². The summed E-state index contributed by atoms with van der Waals surface area (Å²) in [6, 6.07) is 3.27. The zero-order chi connectivity index (χ0) is 27.1. The first kappa shape index (κ1) is 30.5. The van der Waals surface area contributed by atoms with Gasteiger partial charge in [-0.25, -0.2) is 0 Å². The molecule has 3 amide bonds. The van der Waals surface area contributed by atoms with E-state index in [4.69, 9.17) is 22.3 Å². The summed E-state index contributed by atoms with van der Waals surface area (Å²) in [5.74, 6) is -2.56. The fourth-order valence-corrected chi connectivity index (χ4v) is 3.56. The number of aromatic hydroxyl groups is 1. The zero-order valence-electron chi connectivity index (χ0n) is 20.1. The van der Waals surface area contributed by atoms with Crippen molar-refractivity contribution >= 4 is 41.4 Å². The Kier molecular flexibility index (Phi) is 13.7. The number of carboxylic acid groups (broad SMARTS) is 1. The molecular weight excluding hydrogens is 490 g/mol. The zero-order valence-corrected chi connectivity index (χ0v) is 20.9. The van der Waals surface area contributed by atoms with Gasteiger partial charge in [-0.3, -0.25) is 24.2 Å². The van der Waals surface area contributed by atoms with Crippen molar-refractivity contribution in [2.75, 3.05) is 25.1 Å². The average molecular weight is 526 g/mol. The molecule has 14 heteroatoms. The van der Waals surface area contributed by atoms with E-state index in [-0.39, 0.29) is 37.5 Å². The lowest BCUT2D eigenvalue weighted by Crippen LogP contribution is -2.56. The molecule has 36 heavy (non-hydrogen) atoms. The molecule has 0 radical (unpaired) electrons. The van der Waals surface area contributed by atoms with Crippen molar-refractivity contribution < 1.29 is 29.4 Å². The molecule has 0 aliphatic rings. The number of aliphatic imine (C=N–C) groups is 1. The van der Waals surface area contributed by atoms with Crippen molar-refractivity contribution in [2.24, 2.45) is 22.2 Å². The monoisotopic (exact) mass is 525 g/mol. The molecule has 1 aromatic rings. The number of phenolic OH excluding ortho intramolecular Hbond substituents is 1. The van der Waals surface area contributed by atoms with E-state index < -0.39 is 48.4 Å². The number of aliphatic carboxylic acids is 1. The summed E-state index contributed by atoms with van der Waals surface area (Å²) in [6.45, 7) is -0.405. The third-order valence-electron chi connectivity index (χ3n) is 4.96. The maximum absolute atomic E-state index is 13.0. The molecule has 0 saturated heterocycles. The summed E-state index contributed by atoms with van der Waals surface area (Å²) in [5, 5.41) is 25.7. The van der Waals surface area contributed by atoms with Crippen LogP contribution in [0.15, 0.2) is 29.3 Å². The Labute approximate surface area is 213 Å². The van der Waals surface area contributed by atoms with Gasteiger partial charge in [0.05, 0.1) is 6.04 Å². The normalized spacial score (nSPS) is 13.1. The van der Waals surface area contributed by atoms with Crippen LogP contribution in [0.2, 0.25) is 0 Å². The second kappa shape index (κ2) is 16.2. The van der Waals surface area contributed by atoms with E-state index in [0.717, 1.165) is 5.56 Å². The van der Waals surface area contributed by atoms with E-state index in [1.165, 1.54) is 23.9 Å². The maximum Gasteiger partial charge on any atom is 0.322 e. The second-order valence-corrected chi connectivity index (χ2v) is 8.93. The lowest BCUT2D eigenvalue weighted by molar-refractivity contribution is -0.138. The van der Waals surface area contributed by atoms with Crippen LogP contribution in [0.1, 0.15) is 24.8 Å². The van der Waals surface area contributed by atoms with Crippen molar-refractivity contribution in [1.29, 1.82) is 0 Å². The Morgan fingerprint density at radius 3 is 2.19 bits per heavy atom. The molecule has 0 saturated carbocycles. The highest BCUT2D eigenvalue weighted by Gasteiger charge is 2.28. The van der Waals surface area contributed by atoms with Gasteiger partial charge in [-0.1, -0.05) is 12.1 Å². The van der Waals surface area contributed by atoms with E-state index in [1.54, 1.807) is 12.1 Å². The minimum Gasteiger partial charge on any atom is -0.508 e. The van der Waals surface area contributed by atoms with E-state index in [2.05, 4.69) is 20.9 Å². The Morgan fingerprint density at radius 2 is 1.61 bits per heavy atom. The van der Waals surface area contributed by atoms with Gasteiger partial charge in [-0.2, -0.15) is 11.8 Å². The fraction of sp³-hybridized carbons (Fsp3) is 0.500. The lowest BCUT2D eigenvalue weighted by Gasteiger charge is -2.24. The van der Waals surface area contributed by atoms with E-state index >= 15 is 0 Å². The number of carbonyl (C=O) groups excluding carboxylic acids is 3. The number of carboxylic acids is 1. The molecule has 3 unspecified atom stereocenters. The van der Waals surface area contributed by atoms with Crippen LogP contribution in [0, 0.1) is 0 Å². The molecule has 13 nitrogen and oxygen atoms in total. The topological polar surface area (TPSA) is 235 Å². The van der Waals surface area contributed by atoms with Gasteiger partial charge >= 0.3 is 5.97 Å². The number of thioether (sulfide) groups is 1. The highest BCUT2D eigenvalue weighted by Crippen LogP contribution is 2.11. The number of nitrogens with zero attached hydrogens (tertiary/aromatic N) is 1. The van der Waals surface area contributed by atoms with Crippen LogP contribution < -0.4 is 33.2 Å². The number of phenols is 1. The third kappa shape index (κ3) is 12.3. The summed E-state index contributed by atoms with van der Waals surface area (Å²) >= 11 is 1.47. The quantitative estimate of drug-likeness (QED) is 0.0687. The Balaban J connectivity index is 2.87. The van der Waals surface area contributed by atoms with Crippen molar-refractivity contribution in [2.45, 2.75) is 43.8 Å². The fourth-order valence-electron chi connectivity index (χ4n) is 3.09. The number of carbonyl (C=O) groups is 4. The number of rotatable bonds is 16. The third-order valence-corrected chi connectivity index (χ3v) is 5.61. The van der Waals surface area contributed by atoms with E-state index in [0.29, 0.717) is 12.2 Å². The van der Waals surface area contributed by atoms with Gasteiger partial charge in [0, 0.05) is 6.54 Å². The van der Waals surface area contributed by atoms with Gasteiger partial charge in [-0.15, -0.1) is 0 Å². The molecule has 0 aromatic heterocycles. The van der Waals surface area contributed by atoms with Crippen molar-refractivity contribution in [3.05, 3.63) is 29.8 Å². The van der Waals surface area contributed by atoms with Crippen LogP contribution in [0.5, 0.6) is 5.75 Å². The predicted molar refractivity (Wildman–Crippen MR) is 137 cm³/mol. The summed E-state index contributed by atoms with van der Waals surface area (Å²) in [5.41, 5.74) is 17.3. The lowest BCUT2D eigenvalue weighted by atomic mass is 10.0. The smallest absolute Gasteiger partial charge is 0.322 e. The molecule has 1 aromatic carbocycles. The number of guanidine groups is 1. The number of benzene rings is 1. The van der Waals surface area contributed by atoms with Gasteiger partial charge in [0.2, 0.25) is 17.7 Å². The predicted octanol–water partition coefficient (Wildman–Crippen LogP) is -1.76. The molecule has 200 valence electrons. The summed E-state index contributed by atoms with van der Waals surface area (Å²) in [6.07, 6.45) is 2.79. The van der Waals surface area contributed by atoms with Gasteiger partial charge in [-0.05, 0) is 55.4 Å². The Morgan fingerprint density at radius 1 is 1.00 bits per heavy atom. The highest BCUT2D eigenvalue weighted by molar-refractivity contribution is 7.98. The average Bonchev–Trinajstić information content (AvgIpc) is 2.82. The minimum absolute atomic E-state index is 0.0887. The minimum atomic E-state index is -1.23. The van der Waals surface area contributed by atoms with Crippen molar-refractivity contribution in [1.82, 2.24) is 16.0 Å². The molecular formula is C22H35N7O6S. The first-order valence-electron chi connectivity index (χ1n) is 11.2. The molecule has 0 aliphatic carbocycles. The molecule has 11 N–H and O–H groups in total. The van der Waals surface area contributed by atoms with Gasteiger partial charge in [0.1, 0.15) is 24.4 Å². The number of nitrogens with two attached hydrogens (primary N) is 3. The molecule has 0 bridgehead atoms. The van der Waals surface area contributed by atoms with Crippen molar-refractivity contribution in [3.63, 3.8) is 0 Å². The molecule has 0 fully saturated rings. The standard InChI is InChI=1S/C22H35N7O6S/c1-36-10-8-17(28-19(33)15(23)11-13-4-6-14(30)7-5-13)21(35)29-16(3-2-9-26-22(24)25)20(34)27-12-18(31)32/h4-7,15-17,30H,2-3,8-12,23H2,1H3,(H,27,34)(H,28,33)(H,29,35)(H,31,32)(H4,24,25,26). The molecule has 0 heterocycles. The van der Waals surface area contributed by atoms with Crippen LogP contribution in [0.25, 0.3) is 0 Å². The second-order valence-electron chi connectivity index (χ2n) is 7.94. The Bertz CT molecular complexity index is 909. The summed E-state index contributed by atoms with van der Waals surface area (Å²) in [4.78, 5) is 52.9. The van der Waals surface area contributed by atoms with Crippen LogP contribution in [-0.4, -0.2) is 83.1 Å². The Hall–Kier alpha value is -3.52. The molecule has 1 rings (SSSR count). The SMILES string of the molecule is CSCCC(NC(=O)C(N)Cc1ccc(O)cc1)C(=O)NC(CCCN=C(N)N)C(=O)NCC(=O)O. The number of nitrogens with one attached hydrogen (secondary N) is 3. The molecule has 3 atom stereocenters. The highest BCUT2D eigenvalue weighted by atomic mass is 32.2. The van der Waals surface area contributed by atoms with Crippen LogP contribution in [0.4, 0.5) is 0 Å². The molecule has 0 spiro atoms. The van der Waals surface area contributed by atoms with Gasteiger partial charge < -0.3 is 43.4 Å². The van der Waals surface area contributed by atoms with Crippen molar-refractivity contribution in [3.8, 4) is 5.75 Å². The number of hydrogen-bond donors (Lipinski definition) is 8. The molecule has 0 aliphatic heterocycles. The van der Waals surface area contributed by atoms with Crippen LogP contribution in [-0.2, 0) is 25.6 Å². The first-order valence-corrected chi connectivity index (χ1v) is 12.6. The van der Waals surface area contributed by atoms with E-state index in [9.17, 15) is 24.3 Å². The number of amides is 3. The maximum atomic E-state index is 13.0. The van der Waals surface area contributed by atoms with E-state index in [1.807, 2.05) is 6.26 Å². The first-order chi connectivity index (χ1) is 17.0. The number of hydrogen-bond acceptors (Lipinski definition) is 8. The van der Waals surface area contributed by atoms with Crippen LogP contribution >= 0.6 is 11.8 Å². The summed E-state index contributed by atoms with van der Waals surface area (Å²) in [7, 11) is 0. The van der Waals surface area contributed by atoms with Gasteiger partial charge in [0.25, 0.3) is 0 Å². The largest absolute Gasteiger partial charge is 0.508 e. The summed E-state index contributed by atoms with van der Waals surface area (Å²) < 4.78 is 0. The van der Waals surface area contributed by atoms with Gasteiger partial charge in [0.15, 0.2) is 5.96 Å².